The third-order valence-electron chi connectivity index (χ3n) is 6.16. The molecular formula is C20H34BN3O4. The first kappa shape index (κ1) is 21.2. The molecule has 1 saturated carbocycles. The molecule has 3 rings (SSSR count). The second-order valence-corrected chi connectivity index (χ2v) is 10.1. The second kappa shape index (κ2) is 7.06. The number of amides is 1. The van der Waals surface area contributed by atoms with E-state index in [-0.39, 0.29) is 22.8 Å². The third-order valence-corrected chi connectivity index (χ3v) is 6.16. The van der Waals surface area contributed by atoms with Crippen LogP contribution in [0.15, 0.2) is 12.4 Å². The zero-order chi connectivity index (χ0) is 20.8. The molecule has 1 N–H and O–H groups in total. The number of nitrogens with zero attached hydrogens (tertiary/aromatic N) is 2. The summed E-state index contributed by atoms with van der Waals surface area (Å²) in [5, 5.41) is 7.49. The van der Waals surface area contributed by atoms with E-state index in [1.54, 1.807) is 0 Å². The van der Waals surface area contributed by atoms with Crippen molar-refractivity contribution in [2.24, 2.45) is 0 Å². The van der Waals surface area contributed by atoms with E-state index in [0.717, 1.165) is 31.1 Å². The molecule has 0 atom stereocenters. The summed E-state index contributed by atoms with van der Waals surface area (Å²) in [5.74, 6) is 0. The predicted octanol–water partition coefficient (Wildman–Crippen LogP) is 2.98. The Kier molecular flexibility index (Phi) is 5.34. The Bertz CT molecular complexity index is 703. The highest BCUT2D eigenvalue weighted by atomic mass is 16.7. The molecule has 0 spiro atoms. The van der Waals surface area contributed by atoms with Crippen molar-refractivity contribution in [1.82, 2.24) is 15.1 Å². The number of hydrogen-bond acceptors (Lipinski definition) is 5. The first-order valence-corrected chi connectivity index (χ1v) is 10.2. The first-order chi connectivity index (χ1) is 12.8. The van der Waals surface area contributed by atoms with E-state index in [1.807, 2.05) is 65.5 Å². The van der Waals surface area contributed by atoms with Gasteiger partial charge in [0.15, 0.2) is 0 Å². The van der Waals surface area contributed by atoms with Crippen molar-refractivity contribution in [1.29, 1.82) is 0 Å². The zero-order valence-electron chi connectivity index (χ0n) is 18.3. The van der Waals surface area contributed by atoms with Crippen LogP contribution in [-0.4, -0.2) is 46.3 Å². The van der Waals surface area contributed by atoms with Crippen LogP contribution in [-0.2, 0) is 19.6 Å². The number of nitrogens with one attached hydrogen (secondary N) is 1. The average Bonchev–Trinajstić information content (AvgIpc) is 3.03. The molecule has 0 aromatic carbocycles. The van der Waals surface area contributed by atoms with Crippen LogP contribution in [0.25, 0.3) is 0 Å². The molecule has 2 heterocycles. The number of hydrogen-bond donors (Lipinski definition) is 1. The van der Waals surface area contributed by atoms with E-state index in [4.69, 9.17) is 14.0 Å². The van der Waals surface area contributed by atoms with Crippen LogP contribution in [0.3, 0.4) is 0 Å². The standard InChI is InChI=1S/C20H34BN3O4/c1-17(2,3)26-16(25)22-12-11-20(9-8-10-20)24-14-15(13-23-24)21-27-18(4,5)19(6,7)28-21/h13-14H,8-12H2,1-7H3,(H,22,25). The highest BCUT2D eigenvalue weighted by molar-refractivity contribution is 6.62. The van der Waals surface area contributed by atoms with Crippen molar-refractivity contribution >= 4 is 18.7 Å². The molecule has 28 heavy (non-hydrogen) atoms. The summed E-state index contributed by atoms with van der Waals surface area (Å²) in [4.78, 5) is 11.9. The lowest BCUT2D eigenvalue weighted by molar-refractivity contribution is 0.00578. The molecule has 1 aliphatic carbocycles. The van der Waals surface area contributed by atoms with Crippen molar-refractivity contribution in [3.05, 3.63) is 12.4 Å². The molecule has 0 radical (unpaired) electrons. The predicted molar refractivity (Wildman–Crippen MR) is 109 cm³/mol. The maximum Gasteiger partial charge on any atom is 0.498 e. The summed E-state index contributed by atoms with van der Waals surface area (Å²) < 4.78 is 19.6. The number of carbonyl (C=O) groups excluding carboxylic acids is 1. The van der Waals surface area contributed by atoms with Crippen LogP contribution in [0, 0.1) is 0 Å². The van der Waals surface area contributed by atoms with Gasteiger partial charge in [-0.2, -0.15) is 5.10 Å². The van der Waals surface area contributed by atoms with Crippen molar-refractivity contribution in [3.63, 3.8) is 0 Å². The van der Waals surface area contributed by atoms with Gasteiger partial charge in [-0.15, -0.1) is 0 Å². The van der Waals surface area contributed by atoms with Crippen molar-refractivity contribution < 1.29 is 18.8 Å². The molecule has 1 aromatic heterocycles. The quantitative estimate of drug-likeness (QED) is 0.782. The summed E-state index contributed by atoms with van der Waals surface area (Å²) in [7, 11) is -0.407. The average molecular weight is 391 g/mol. The van der Waals surface area contributed by atoms with Crippen molar-refractivity contribution in [3.8, 4) is 0 Å². The third kappa shape index (κ3) is 4.22. The van der Waals surface area contributed by atoms with Crippen molar-refractivity contribution in [2.75, 3.05) is 6.54 Å². The van der Waals surface area contributed by atoms with Gasteiger partial charge >= 0.3 is 13.2 Å². The van der Waals surface area contributed by atoms with Gasteiger partial charge in [0.1, 0.15) is 5.60 Å². The van der Waals surface area contributed by atoms with Gasteiger partial charge in [-0.05, 0) is 74.1 Å². The van der Waals surface area contributed by atoms with Gasteiger partial charge in [0, 0.05) is 24.4 Å². The van der Waals surface area contributed by atoms with Gasteiger partial charge in [-0.25, -0.2) is 4.79 Å². The van der Waals surface area contributed by atoms with Gasteiger partial charge in [0.25, 0.3) is 0 Å². The van der Waals surface area contributed by atoms with Gasteiger partial charge in [0.05, 0.1) is 16.7 Å². The van der Waals surface area contributed by atoms with Gasteiger partial charge in [0.2, 0.25) is 0 Å². The molecule has 2 fully saturated rings. The van der Waals surface area contributed by atoms with E-state index in [1.165, 1.54) is 0 Å². The van der Waals surface area contributed by atoms with Crippen LogP contribution in [0.5, 0.6) is 0 Å². The molecule has 2 aliphatic rings. The summed E-state index contributed by atoms with van der Waals surface area (Å²) >= 11 is 0. The summed E-state index contributed by atoms with van der Waals surface area (Å²) in [5.41, 5.74) is -0.351. The maximum absolute atomic E-state index is 11.9. The largest absolute Gasteiger partial charge is 0.498 e. The van der Waals surface area contributed by atoms with E-state index in [0.29, 0.717) is 6.54 Å². The minimum absolute atomic E-state index is 0.0586. The van der Waals surface area contributed by atoms with E-state index >= 15 is 0 Å². The van der Waals surface area contributed by atoms with Gasteiger partial charge < -0.3 is 19.4 Å². The molecule has 156 valence electrons. The van der Waals surface area contributed by atoms with E-state index in [9.17, 15) is 4.79 Å². The lowest BCUT2D eigenvalue weighted by Crippen LogP contribution is -2.45. The molecule has 0 bridgehead atoms. The minimum atomic E-state index is -0.488. The van der Waals surface area contributed by atoms with Gasteiger partial charge in [-0.3, -0.25) is 4.68 Å². The molecule has 1 amide bonds. The Morgan fingerprint density at radius 3 is 2.36 bits per heavy atom. The Labute approximate surface area is 168 Å². The van der Waals surface area contributed by atoms with Crippen LogP contribution < -0.4 is 10.8 Å². The van der Waals surface area contributed by atoms with E-state index < -0.39 is 12.7 Å². The molecule has 0 unspecified atom stereocenters. The Morgan fingerprint density at radius 2 is 1.86 bits per heavy atom. The first-order valence-electron chi connectivity index (χ1n) is 10.2. The fourth-order valence-corrected chi connectivity index (χ4v) is 3.59. The fourth-order valence-electron chi connectivity index (χ4n) is 3.59. The number of rotatable bonds is 5. The fraction of sp³-hybridized carbons (Fsp3) is 0.800. The van der Waals surface area contributed by atoms with Crippen LogP contribution in [0.4, 0.5) is 4.79 Å². The number of alkyl carbamates (subject to hydrolysis) is 1. The highest BCUT2D eigenvalue weighted by Crippen LogP contribution is 2.41. The normalized spacial score (nSPS) is 22.6. The monoisotopic (exact) mass is 391 g/mol. The summed E-state index contributed by atoms with van der Waals surface area (Å²) in [6.07, 6.45) is 7.58. The Morgan fingerprint density at radius 1 is 1.25 bits per heavy atom. The smallest absolute Gasteiger partial charge is 0.444 e. The molecule has 1 aliphatic heterocycles. The molecule has 8 heteroatoms. The van der Waals surface area contributed by atoms with Crippen LogP contribution in [0.2, 0.25) is 0 Å². The Balaban J connectivity index is 1.62. The summed E-state index contributed by atoms with van der Waals surface area (Å²) in [6, 6.07) is 0. The van der Waals surface area contributed by atoms with Crippen LogP contribution in [0.1, 0.15) is 74.1 Å². The maximum atomic E-state index is 11.9. The zero-order valence-corrected chi connectivity index (χ0v) is 18.3. The van der Waals surface area contributed by atoms with Gasteiger partial charge in [-0.1, -0.05) is 0 Å². The lowest BCUT2D eigenvalue weighted by Gasteiger charge is -2.42. The lowest BCUT2D eigenvalue weighted by atomic mass is 9.74. The number of aromatic nitrogens is 2. The number of carbonyl (C=O) groups is 1. The SMILES string of the molecule is CC(C)(C)OC(=O)NCCC1(n2cc(B3OC(C)(C)C(C)(C)O3)cn2)CCC1. The molecule has 1 aromatic rings. The highest BCUT2D eigenvalue weighted by Gasteiger charge is 2.52. The summed E-state index contributed by atoms with van der Waals surface area (Å²) in [6.45, 7) is 14.3. The molecular weight excluding hydrogens is 357 g/mol. The topological polar surface area (TPSA) is 74.6 Å². The van der Waals surface area contributed by atoms with E-state index in [2.05, 4.69) is 10.4 Å². The Hall–Kier alpha value is -1.54. The minimum Gasteiger partial charge on any atom is -0.444 e. The number of ether oxygens (including phenoxy) is 1. The van der Waals surface area contributed by atoms with Crippen LogP contribution >= 0.6 is 0 Å². The molecule has 1 saturated heterocycles. The second-order valence-electron chi connectivity index (χ2n) is 10.1. The molecule has 7 nitrogen and oxygen atoms in total. The van der Waals surface area contributed by atoms with Crippen molar-refractivity contribution in [2.45, 2.75) is 96.5 Å².